The summed E-state index contributed by atoms with van der Waals surface area (Å²) in [6, 6.07) is 11.3. The second-order valence-corrected chi connectivity index (χ2v) is 9.90. The third kappa shape index (κ3) is 7.01. The molecule has 1 aliphatic heterocycles. The number of nitrogens with zero attached hydrogens (tertiary/aromatic N) is 2. The summed E-state index contributed by atoms with van der Waals surface area (Å²) in [7, 11) is 0. The lowest BCUT2D eigenvalue weighted by Gasteiger charge is -2.21. The minimum Gasteiger partial charge on any atom is -0.342 e. The monoisotopic (exact) mass is 472 g/mol. The van der Waals surface area contributed by atoms with Gasteiger partial charge in [-0.05, 0) is 79.2 Å². The van der Waals surface area contributed by atoms with Crippen LogP contribution in [0.5, 0.6) is 0 Å². The van der Waals surface area contributed by atoms with Crippen molar-refractivity contribution in [3.63, 3.8) is 0 Å². The first kappa shape index (κ1) is 25.2. The number of hydrogen-bond acceptors (Lipinski definition) is 2. The molecule has 1 fully saturated rings. The minimum atomic E-state index is -0.579. The average molecular weight is 473 g/mol. The smallest absolute Gasteiger partial charge is 0.222 e. The Balaban J connectivity index is 1.67. The molecule has 2 aromatic rings. The maximum Gasteiger partial charge on any atom is 0.222 e. The van der Waals surface area contributed by atoms with Gasteiger partial charge >= 0.3 is 0 Å². The van der Waals surface area contributed by atoms with Crippen LogP contribution in [0.1, 0.15) is 68.6 Å². The zero-order chi connectivity index (χ0) is 24.0. The summed E-state index contributed by atoms with van der Waals surface area (Å²) in [5.41, 5.74) is 1.94. The molecule has 1 amide bonds. The van der Waals surface area contributed by atoms with Gasteiger partial charge < -0.3 is 4.90 Å². The predicted molar refractivity (Wildman–Crippen MR) is 127 cm³/mol. The number of halogens is 3. The molecule has 0 radical (unpaired) electrons. The number of nitriles is 1. The van der Waals surface area contributed by atoms with Gasteiger partial charge in [-0.2, -0.15) is 5.26 Å². The SMILES string of the molecule is CC(C)CC(=O)N1CCC(CCC(CCc2ccc(F)cc2F)c2ccc(C#N)c(Cl)c2)C1. The Bertz CT molecular complexity index is 1020. The van der Waals surface area contributed by atoms with Gasteiger partial charge in [0.05, 0.1) is 10.6 Å². The molecule has 1 saturated heterocycles. The van der Waals surface area contributed by atoms with Crippen molar-refractivity contribution in [3.05, 3.63) is 69.7 Å². The molecule has 0 aromatic heterocycles. The minimum absolute atomic E-state index is 0.125. The van der Waals surface area contributed by atoms with E-state index in [2.05, 4.69) is 19.9 Å². The van der Waals surface area contributed by atoms with Crippen LogP contribution >= 0.6 is 11.6 Å². The number of amides is 1. The zero-order valence-corrected chi connectivity index (χ0v) is 20.0. The van der Waals surface area contributed by atoms with Crippen LogP contribution in [0.25, 0.3) is 0 Å². The van der Waals surface area contributed by atoms with Crippen LogP contribution in [0.2, 0.25) is 5.02 Å². The lowest BCUT2D eigenvalue weighted by Crippen LogP contribution is -2.29. The number of hydrogen-bond donors (Lipinski definition) is 0. The number of likely N-dealkylation sites (tertiary alicyclic amines) is 1. The lowest BCUT2D eigenvalue weighted by atomic mass is 9.85. The molecule has 2 unspecified atom stereocenters. The number of benzene rings is 2. The highest BCUT2D eigenvalue weighted by atomic mass is 35.5. The van der Waals surface area contributed by atoms with Crippen LogP contribution in [0, 0.1) is 34.8 Å². The van der Waals surface area contributed by atoms with E-state index in [0.717, 1.165) is 44.0 Å². The largest absolute Gasteiger partial charge is 0.342 e. The van der Waals surface area contributed by atoms with Crippen molar-refractivity contribution in [2.75, 3.05) is 13.1 Å². The summed E-state index contributed by atoms with van der Waals surface area (Å²) >= 11 is 6.29. The van der Waals surface area contributed by atoms with Crippen LogP contribution in [0.4, 0.5) is 8.78 Å². The van der Waals surface area contributed by atoms with Crippen molar-refractivity contribution in [3.8, 4) is 6.07 Å². The summed E-state index contributed by atoms with van der Waals surface area (Å²) in [5.74, 6) is 0.0509. The van der Waals surface area contributed by atoms with E-state index in [9.17, 15) is 18.8 Å². The number of rotatable bonds is 9. The van der Waals surface area contributed by atoms with Gasteiger partial charge in [-0.25, -0.2) is 8.78 Å². The summed E-state index contributed by atoms with van der Waals surface area (Å²) in [4.78, 5) is 14.4. The zero-order valence-electron chi connectivity index (χ0n) is 19.3. The number of aryl methyl sites for hydroxylation is 1. The molecule has 176 valence electrons. The molecule has 33 heavy (non-hydrogen) atoms. The van der Waals surface area contributed by atoms with E-state index in [1.165, 1.54) is 12.1 Å². The summed E-state index contributed by atoms with van der Waals surface area (Å²) < 4.78 is 27.4. The summed E-state index contributed by atoms with van der Waals surface area (Å²) in [6.07, 6.45) is 4.59. The van der Waals surface area contributed by atoms with E-state index in [1.54, 1.807) is 6.07 Å². The predicted octanol–water partition coefficient (Wildman–Crippen LogP) is 6.88. The van der Waals surface area contributed by atoms with Crippen LogP contribution in [-0.4, -0.2) is 23.9 Å². The Morgan fingerprint density at radius 1 is 1.21 bits per heavy atom. The Kier molecular flexibility index (Phi) is 8.86. The quantitative estimate of drug-likeness (QED) is 0.399. The highest BCUT2D eigenvalue weighted by Gasteiger charge is 2.27. The van der Waals surface area contributed by atoms with Gasteiger partial charge in [-0.3, -0.25) is 4.79 Å². The fourth-order valence-corrected chi connectivity index (χ4v) is 4.85. The van der Waals surface area contributed by atoms with Crippen LogP contribution in [0.3, 0.4) is 0 Å². The molecule has 2 aromatic carbocycles. The highest BCUT2D eigenvalue weighted by Crippen LogP contribution is 2.33. The van der Waals surface area contributed by atoms with Gasteiger partial charge in [-0.1, -0.05) is 37.6 Å². The Morgan fingerprint density at radius 2 is 2.00 bits per heavy atom. The maximum absolute atomic E-state index is 14.2. The molecule has 0 bridgehead atoms. The Morgan fingerprint density at radius 3 is 2.67 bits per heavy atom. The Labute approximate surface area is 200 Å². The molecular weight excluding hydrogens is 442 g/mol. The van der Waals surface area contributed by atoms with Crippen LogP contribution in [-0.2, 0) is 11.2 Å². The van der Waals surface area contributed by atoms with E-state index in [4.69, 9.17) is 11.6 Å². The van der Waals surface area contributed by atoms with Gasteiger partial charge in [0.2, 0.25) is 5.91 Å². The topological polar surface area (TPSA) is 44.1 Å². The lowest BCUT2D eigenvalue weighted by molar-refractivity contribution is -0.131. The fraction of sp³-hybridized carbons (Fsp3) is 0.481. The third-order valence-corrected chi connectivity index (χ3v) is 6.82. The first-order chi connectivity index (χ1) is 15.8. The normalized spacial score (nSPS) is 16.8. The van der Waals surface area contributed by atoms with Gasteiger partial charge in [0, 0.05) is 25.6 Å². The molecule has 0 N–H and O–H groups in total. The molecule has 0 saturated carbocycles. The molecule has 1 aliphatic rings. The van der Waals surface area contributed by atoms with Gasteiger partial charge in [-0.15, -0.1) is 0 Å². The standard InChI is InChI=1S/C27H31ClF2N2O/c1-18(2)13-27(33)32-12-11-19(17-32)3-4-20(22-7-8-23(16-31)25(28)14-22)5-6-21-9-10-24(29)15-26(21)30/h7-10,14-15,18-20H,3-6,11-13,17H2,1-2H3. The first-order valence-electron chi connectivity index (χ1n) is 11.7. The van der Waals surface area contributed by atoms with Crippen molar-refractivity contribution >= 4 is 17.5 Å². The molecule has 3 nitrogen and oxygen atoms in total. The average Bonchev–Trinajstić information content (AvgIpc) is 3.24. The van der Waals surface area contributed by atoms with E-state index < -0.39 is 11.6 Å². The molecule has 2 atom stereocenters. The Hall–Kier alpha value is -2.45. The van der Waals surface area contributed by atoms with E-state index in [0.29, 0.717) is 47.2 Å². The maximum atomic E-state index is 14.2. The van der Waals surface area contributed by atoms with Gasteiger partial charge in [0.15, 0.2) is 0 Å². The molecule has 0 aliphatic carbocycles. The molecule has 0 spiro atoms. The van der Waals surface area contributed by atoms with Crippen molar-refractivity contribution < 1.29 is 13.6 Å². The van der Waals surface area contributed by atoms with Crippen molar-refractivity contribution in [2.24, 2.45) is 11.8 Å². The molecular formula is C27H31ClF2N2O. The summed E-state index contributed by atoms with van der Waals surface area (Å²) in [5, 5.41) is 9.60. The van der Waals surface area contributed by atoms with Crippen molar-refractivity contribution in [1.82, 2.24) is 4.90 Å². The summed E-state index contributed by atoms with van der Waals surface area (Å²) in [6.45, 7) is 5.72. The third-order valence-electron chi connectivity index (χ3n) is 6.51. The highest BCUT2D eigenvalue weighted by molar-refractivity contribution is 6.31. The number of carbonyl (C=O) groups excluding carboxylic acids is 1. The first-order valence-corrected chi connectivity index (χ1v) is 12.1. The number of carbonyl (C=O) groups is 1. The van der Waals surface area contributed by atoms with E-state index in [-0.39, 0.29) is 11.8 Å². The van der Waals surface area contributed by atoms with Crippen LogP contribution < -0.4 is 0 Å². The van der Waals surface area contributed by atoms with E-state index in [1.807, 2.05) is 17.0 Å². The molecule has 6 heteroatoms. The van der Waals surface area contributed by atoms with Crippen molar-refractivity contribution in [2.45, 2.75) is 58.3 Å². The van der Waals surface area contributed by atoms with Gasteiger partial charge in [0.1, 0.15) is 17.7 Å². The van der Waals surface area contributed by atoms with Gasteiger partial charge in [0.25, 0.3) is 0 Å². The van der Waals surface area contributed by atoms with Crippen molar-refractivity contribution in [1.29, 1.82) is 5.26 Å². The molecule has 1 heterocycles. The second kappa shape index (κ2) is 11.6. The van der Waals surface area contributed by atoms with Crippen LogP contribution in [0.15, 0.2) is 36.4 Å². The molecule has 3 rings (SSSR count). The second-order valence-electron chi connectivity index (χ2n) is 9.49. The van der Waals surface area contributed by atoms with E-state index >= 15 is 0 Å². The fourth-order valence-electron chi connectivity index (χ4n) is 4.62.